The Labute approximate surface area is 107 Å². The Morgan fingerprint density at radius 1 is 1.18 bits per heavy atom. The Kier molecular flexibility index (Phi) is 6.08. The summed E-state index contributed by atoms with van der Waals surface area (Å²) in [4.78, 5) is 0. The van der Waals surface area contributed by atoms with Gasteiger partial charge < -0.3 is 11.1 Å². The van der Waals surface area contributed by atoms with Crippen LogP contribution in [0.15, 0.2) is 36.7 Å². The number of hydrogen-bond acceptors (Lipinski definition) is 2. The van der Waals surface area contributed by atoms with E-state index in [1.807, 2.05) is 6.08 Å². The van der Waals surface area contributed by atoms with Gasteiger partial charge in [-0.3, -0.25) is 0 Å². The molecule has 0 amide bonds. The monoisotopic (exact) mass is 236 g/mol. The van der Waals surface area contributed by atoms with Gasteiger partial charge in [0, 0.05) is 17.4 Å². The number of rotatable bonds is 7. The van der Waals surface area contributed by atoms with Crippen molar-refractivity contribution in [3.8, 4) is 0 Å². The smallest absolute Gasteiger partial charge is 0.0927 e. The third-order valence-electron chi connectivity index (χ3n) is 2.58. The van der Waals surface area contributed by atoms with Crippen molar-refractivity contribution in [2.75, 3.05) is 6.54 Å². The number of hydrogen-bond donors (Lipinski definition) is 2. The normalized spacial score (nSPS) is 14.1. The first-order chi connectivity index (χ1) is 7.72. The molecule has 0 rings (SSSR count). The van der Waals surface area contributed by atoms with E-state index in [1.165, 1.54) is 0 Å². The van der Waals surface area contributed by atoms with Crippen molar-refractivity contribution in [2.45, 2.75) is 41.0 Å². The molecule has 0 aromatic heterocycles. The molecule has 0 saturated heterocycles. The first-order valence-electron chi connectivity index (χ1n) is 6.28. The molecule has 98 valence electrons. The molecule has 2 heteroatoms. The molecule has 0 aromatic carbocycles. The van der Waals surface area contributed by atoms with Crippen LogP contribution >= 0.6 is 0 Å². The number of allylic oxidation sites excluding steroid dienone is 4. The summed E-state index contributed by atoms with van der Waals surface area (Å²) in [7, 11) is 0. The lowest BCUT2D eigenvalue weighted by Gasteiger charge is -2.20. The highest BCUT2D eigenvalue weighted by Crippen LogP contribution is 2.25. The van der Waals surface area contributed by atoms with Gasteiger partial charge in [-0.05, 0) is 12.5 Å². The van der Waals surface area contributed by atoms with Gasteiger partial charge in [-0.15, -0.1) is 6.58 Å². The van der Waals surface area contributed by atoms with Crippen LogP contribution in [0.3, 0.4) is 0 Å². The molecule has 0 spiro atoms. The van der Waals surface area contributed by atoms with E-state index in [2.05, 4.69) is 64.7 Å². The second-order valence-corrected chi connectivity index (χ2v) is 5.71. The highest BCUT2D eigenvalue weighted by atomic mass is 15.0. The lowest BCUT2D eigenvalue weighted by Crippen LogP contribution is -2.23. The predicted octanol–water partition coefficient (Wildman–Crippen LogP) is 3.58. The number of nitrogens with one attached hydrogen (secondary N) is 1. The van der Waals surface area contributed by atoms with E-state index in [1.54, 1.807) is 0 Å². The zero-order valence-electron chi connectivity index (χ0n) is 12.0. The largest absolute Gasteiger partial charge is 0.386 e. The van der Waals surface area contributed by atoms with E-state index < -0.39 is 0 Å². The average Bonchev–Trinajstić information content (AvgIpc) is 2.23. The molecular formula is C15H28N2. The zero-order valence-corrected chi connectivity index (χ0v) is 12.0. The highest BCUT2D eigenvalue weighted by Gasteiger charge is 2.14. The molecule has 3 N–H and O–H groups in total. The van der Waals surface area contributed by atoms with E-state index in [0.29, 0.717) is 0 Å². The molecule has 2 nitrogen and oxygen atoms in total. The fraction of sp³-hybridized carbons (Fsp3) is 0.600. The first-order valence-corrected chi connectivity index (χ1v) is 6.28. The van der Waals surface area contributed by atoms with Crippen molar-refractivity contribution >= 4 is 0 Å². The minimum absolute atomic E-state index is 0.0245. The molecule has 0 radical (unpaired) electrons. The maximum Gasteiger partial charge on any atom is 0.0927 e. The third-order valence-corrected chi connectivity index (χ3v) is 2.58. The van der Waals surface area contributed by atoms with Gasteiger partial charge in [0.15, 0.2) is 0 Å². The third kappa shape index (κ3) is 7.67. The molecule has 0 atom stereocenters. The Morgan fingerprint density at radius 3 is 2.18 bits per heavy atom. The van der Waals surface area contributed by atoms with E-state index in [9.17, 15) is 0 Å². The highest BCUT2D eigenvalue weighted by molar-refractivity contribution is 5.15. The van der Waals surface area contributed by atoms with Gasteiger partial charge in [0.1, 0.15) is 0 Å². The van der Waals surface area contributed by atoms with Gasteiger partial charge in [-0.1, -0.05) is 52.8 Å². The Morgan fingerprint density at radius 2 is 1.71 bits per heavy atom. The SMILES string of the molecule is C=CC(C)(C)/C=C\C(C)(C)/C=C(\N)NCCC. The molecule has 0 fully saturated rings. The van der Waals surface area contributed by atoms with Crippen LogP contribution < -0.4 is 11.1 Å². The van der Waals surface area contributed by atoms with Gasteiger partial charge in [-0.2, -0.15) is 0 Å². The maximum atomic E-state index is 5.91. The van der Waals surface area contributed by atoms with Crippen molar-refractivity contribution in [1.82, 2.24) is 5.32 Å². The molecule has 0 aliphatic rings. The fourth-order valence-electron chi connectivity index (χ4n) is 1.27. The predicted molar refractivity (Wildman–Crippen MR) is 77.5 cm³/mol. The summed E-state index contributed by atoms with van der Waals surface area (Å²) in [6.45, 7) is 15.4. The van der Waals surface area contributed by atoms with Crippen LogP contribution in [0.5, 0.6) is 0 Å². The van der Waals surface area contributed by atoms with Crippen LogP contribution in [-0.4, -0.2) is 6.54 Å². The quantitative estimate of drug-likeness (QED) is 0.663. The standard InChI is InChI=1S/C15H28N2/c1-7-11-17-13(16)12-15(5,6)10-9-14(3,4)8-2/h8-10,12,17H,2,7,11,16H2,1,3-6H3/b10-9-,13-12+. The summed E-state index contributed by atoms with van der Waals surface area (Å²) in [6.07, 6.45) is 9.42. The van der Waals surface area contributed by atoms with E-state index >= 15 is 0 Å². The number of nitrogens with two attached hydrogens (primary N) is 1. The maximum absolute atomic E-state index is 5.91. The molecule has 0 saturated carbocycles. The Hall–Kier alpha value is -1.18. The molecule has 0 heterocycles. The summed E-state index contributed by atoms with van der Waals surface area (Å²) in [6, 6.07) is 0. The van der Waals surface area contributed by atoms with Gasteiger partial charge in [0.2, 0.25) is 0 Å². The van der Waals surface area contributed by atoms with Crippen LogP contribution in [0.1, 0.15) is 41.0 Å². The summed E-state index contributed by atoms with van der Waals surface area (Å²) >= 11 is 0. The van der Waals surface area contributed by atoms with Crippen LogP contribution in [0, 0.1) is 10.8 Å². The average molecular weight is 236 g/mol. The lowest BCUT2D eigenvalue weighted by atomic mass is 9.86. The Bertz CT molecular complexity index is 296. The minimum Gasteiger partial charge on any atom is -0.386 e. The zero-order chi connectivity index (χ0) is 13.5. The summed E-state index contributed by atoms with van der Waals surface area (Å²) < 4.78 is 0. The molecule has 0 aromatic rings. The molecule has 0 aliphatic carbocycles. The second-order valence-electron chi connectivity index (χ2n) is 5.71. The minimum atomic E-state index is -0.0505. The fourth-order valence-corrected chi connectivity index (χ4v) is 1.27. The van der Waals surface area contributed by atoms with Crippen molar-refractivity contribution in [3.05, 3.63) is 36.7 Å². The van der Waals surface area contributed by atoms with Crippen molar-refractivity contribution in [2.24, 2.45) is 16.6 Å². The van der Waals surface area contributed by atoms with Crippen LogP contribution in [0.2, 0.25) is 0 Å². The Balaban J connectivity index is 4.62. The van der Waals surface area contributed by atoms with Crippen molar-refractivity contribution < 1.29 is 0 Å². The first kappa shape index (κ1) is 15.8. The van der Waals surface area contributed by atoms with Crippen molar-refractivity contribution in [3.63, 3.8) is 0 Å². The van der Waals surface area contributed by atoms with Gasteiger partial charge in [0.05, 0.1) is 5.82 Å². The topological polar surface area (TPSA) is 38.0 Å². The molecule has 0 bridgehead atoms. The molecule has 0 aliphatic heterocycles. The van der Waals surface area contributed by atoms with Crippen molar-refractivity contribution in [1.29, 1.82) is 0 Å². The van der Waals surface area contributed by atoms with Crippen LogP contribution in [0.4, 0.5) is 0 Å². The van der Waals surface area contributed by atoms with Crippen LogP contribution in [0.25, 0.3) is 0 Å². The van der Waals surface area contributed by atoms with Gasteiger partial charge >= 0.3 is 0 Å². The molecular weight excluding hydrogens is 208 g/mol. The molecule has 0 unspecified atom stereocenters. The van der Waals surface area contributed by atoms with Gasteiger partial charge in [0.25, 0.3) is 0 Å². The second kappa shape index (κ2) is 6.53. The summed E-state index contributed by atoms with van der Waals surface area (Å²) in [5.74, 6) is 0.748. The summed E-state index contributed by atoms with van der Waals surface area (Å²) in [5.41, 5.74) is 5.89. The molecule has 17 heavy (non-hydrogen) atoms. The lowest BCUT2D eigenvalue weighted by molar-refractivity contribution is 0.573. The van der Waals surface area contributed by atoms with Gasteiger partial charge in [-0.25, -0.2) is 0 Å². The van der Waals surface area contributed by atoms with Crippen LogP contribution in [-0.2, 0) is 0 Å². The van der Waals surface area contributed by atoms with E-state index in [4.69, 9.17) is 5.73 Å². The van der Waals surface area contributed by atoms with E-state index in [0.717, 1.165) is 18.8 Å². The summed E-state index contributed by atoms with van der Waals surface area (Å²) in [5, 5.41) is 3.18. The van der Waals surface area contributed by atoms with E-state index in [-0.39, 0.29) is 10.8 Å².